The molecule has 1 unspecified atom stereocenters. The van der Waals surface area contributed by atoms with Crippen LogP contribution in [-0.2, 0) is 21.2 Å². The van der Waals surface area contributed by atoms with Crippen LogP contribution in [0.2, 0.25) is 5.02 Å². The Labute approximate surface area is 279 Å². The molecule has 0 fully saturated rings. The highest BCUT2D eigenvalue weighted by Gasteiger charge is 2.19. The molecule has 47 heavy (non-hydrogen) atoms. The highest BCUT2D eigenvalue weighted by molar-refractivity contribution is 7.91. The zero-order valence-electron chi connectivity index (χ0n) is 24.9. The second kappa shape index (κ2) is 14.1. The van der Waals surface area contributed by atoms with Crippen molar-refractivity contribution in [2.75, 3.05) is 17.7 Å². The van der Waals surface area contributed by atoms with Crippen molar-refractivity contribution in [3.8, 4) is 17.0 Å². The molecule has 0 bridgehead atoms. The van der Waals surface area contributed by atoms with Crippen LogP contribution < -0.4 is 10.1 Å². The van der Waals surface area contributed by atoms with Gasteiger partial charge in [-0.2, -0.15) is 0 Å². The third-order valence-electron chi connectivity index (χ3n) is 7.17. The van der Waals surface area contributed by atoms with E-state index in [-0.39, 0.29) is 35.2 Å². The van der Waals surface area contributed by atoms with Crippen molar-refractivity contribution < 1.29 is 26.7 Å². The molecule has 2 aromatic heterocycles. The summed E-state index contributed by atoms with van der Waals surface area (Å²) in [5.74, 6) is -0.184. The monoisotopic (exact) mass is 692 g/mol. The lowest BCUT2D eigenvalue weighted by atomic mass is 10.1. The van der Waals surface area contributed by atoms with Crippen LogP contribution in [-0.4, -0.2) is 35.7 Å². The molecule has 1 atom stereocenters. The number of hydrogen-bond acceptors (Lipinski definition) is 9. The minimum atomic E-state index is -3.48. The molecule has 0 aliphatic rings. The number of aromatic nitrogens is 3. The molecule has 0 aliphatic heterocycles. The van der Waals surface area contributed by atoms with Gasteiger partial charge in [-0.15, -0.1) is 11.3 Å². The molecule has 6 rings (SSSR count). The zero-order chi connectivity index (χ0) is 33.0. The predicted molar refractivity (Wildman–Crippen MR) is 179 cm³/mol. The van der Waals surface area contributed by atoms with Crippen LogP contribution in [0.5, 0.6) is 5.75 Å². The minimum Gasteiger partial charge on any atom is -0.487 e. The van der Waals surface area contributed by atoms with Crippen LogP contribution in [0.3, 0.4) is 0 Å². The number of ether oxygens (including phenoxy) is 2. The van der Waals surface area contributed by atoms with Crippen molar-refractivity contribution in [3.63, 3.8) is 0 Å². The molecule has 6 aromatic rings. The second-order valence-electron chi connectivity index (χ2n) is 10.5. The SMILES string of the molecule is CC(OCCS(=O)(=O)c1ccccc1)c1nc(-c2cc3c(Nc4ccc(OCc5cccc(F)c5)c(Cl)c4)ncnc3cc2F)cs1. The Kier molecular flexibility index (Phi) is 9.73. The second-order valence-corrected chi connectivity index (χ2v) is 13.9. The lowest BCUT2D eigenvalue weighted by molar-refractivity contribution is 0.0775. The molecule has 0 saturated carbocycles. The van der Waals surface area contributed by atoms with Crippen LogP contribution in [0.25, 0.3) is 22.2 Å². The van der Waals surface area contributed by atoms with Crippen molar-refractivity contribution in [2.24, 2.45) is 0 Å². The lowest BCUT2D eigenvalue weighted by Crippen LogP contribution is -2.14. The Balaban J connectivity index is 1.16. The third-order valence-corrected chi connectivity index (χ3v) is 10.2. The Hall–Kier alpha value is -4.49. The summed E-state index contributed by atoms with van der Waals surface area (Å²) in [4.78, 5) is 13.4. The quantitative estimate of drug-likeness (QED) is 0.136. The van der Waals surface area contributed by atoms with Gasteiger partial charge < -0.3 is 14.8 Å². The number of rotatable bonds is 12. The Morgan fingerprint density at radius 2 is 1.81 bits per heavy atom. The van der Waals surface area contributed by atoms with Crippen molar-refractivity contribution in [1.82, 2.24) is 15.0 Å². The third kappa shape index (κ3) is 7.74. The fourth-order valence-electron chi connectivity index (χ4n) is 4.74. The first kappa shape index (κ1) is 32.5. The molecule has 1 N–H and O–H groups in total. The van der Waals surface area contributed by atoms with Gasteiger partial charge in [0, 0.05) is 28.1 Å². The topological polar surface area (TPSA) is 103 Å². The maximum Gasteiger partial charge on any atom is 0.180 e. The maximum atomic E-state index is 15.3. The van der Waals surface area contributed by atoms with Crippen molar-refractivity contribution in [3.05, 3.63) is 124 Å². The fourth-order valence-corrected chi connectivity index (χ4v) is 6.92. The summed E-state index contributed by atoms with van der Waals surface area (Å²) in [6, 6.07) is 22.4. The number of hydrogen-bond donors (Lipinski definition) is 1. The molecule has 0 amide bonds. The molecule has 13 heteroatoms. The van der Waals surface area contributed by atoms with Gasteiger partial charge in [0.15, 0.2) is 9.84 Å². The van der Waals surface area contributed by atoms with Crippen molar-refractivity contribution >= 4 is 55.2 Å². The fraction of sp³-hybridized carbons (Fsp3) is 0.147. The minimum absolute atomic E-state index is 0.0197. The molecular formula is C34H27ClF2N4O4S2. The smallest absolute Gasteiger partial charge is 0.180 e. The highest BCUT2D eigenvalue weighted by atomic mass is 35.5. The van der Waals surface area contributed by atoms with Crippen LogP contribution >= 0.6 is 22.9 Å². The van der Waals surface area contributed by atoms with E-state index in [1.807, 2.05) is 0 Å². The van der Waals surface area contributed by atoms with Gasteiger partial charge in [-0.1, -0.05) is 41.9 Å². The van der Waals surface area contributed by atoms with E-state index >= 15 is 4.39 Å². The number of anilines is 2. The summed E-state index contributed by atoms with van der Waals surface area (Å²) in [6.07, 6.45) is 0.828. The van der Waals surface area contributed by atoms with Crippen molar-refractivity contribution in [1.29, 1.82) is 0 Å². The number of benzene rings is 4. The van der Waals surface area contributed by atoms with Crippen LogP contribution in [0.4, 0.5) is 20.3 Å². The van der Waals surface area contributed by atoms with Gasteiger partial charge in [-0.3, -0.25) is 0 Å². The summed E-state index contributed by atoms with van der Waals surface area (Å²) in [7, 11) is -3.48. The Bertz CT molecular complexity index is 2150. The van der Waals surface area contributed by atoms with Gasteiger partial charge in [0.1, 0.15) is 47.2 Å². The first-order valence-electron chi connectivity index (χ1n) is 14.4. The molecule has 0 radical (unpaired) electrons. The van der Waals surface area contributed by atoms with E-state index in [2.05, 4.69) is 20.3 Å². The number of sulfone groups is 1. The number of thiazole rings is 1. The summed E-state index contributed by atoms with van der Waals surface area (Å²) >= 11 is 7.77. The summed E-state index contributed by atoms with van der Waals surface area (Å²) in [5.41, 5.74) is 2.30. The van der Waals surface area contributed by atoms with Gasteiger partial charge in [-0.25, -0.2) is 32.2 Å². The van der Waals surface area contributed by atoms with E-state index in [4.69, 9.17) is 21.1 Å². The Morgan fingerprint density at radius 1 is 0.979 bits per heavy atom. The number of nitrogens with one attached hydrogen (secondary N) is 1. The van der Waals surface area contributed by atoms with Gasteiger partial charge in [0.05, 0.1) is 33.5 Å². The number of halogens is 3. The van der Waals surface area contributed by atoms with E-state index in [9.17, 15) is 12.8 Å². The molecule has 0 spiro atoms. The van der Waals surface area contributed by atoms with E-state index in [1.165, 1.54) is 35.9 Å². The Morgan fingerprint density at radius 3 is 2.60 bits per heavy atom. The first-order chi connectivity index (χ1) is 22.7. The zero-order valence-corrected chi connectivity index (χ0v) is 27.3. The van der Waals surface area contributed by atoms with E-state index in [1.54, 1.807) is 79.0 Å². The van der Waals surface area contributed by atoms with Crippen LogP contribution in [0, 0.1) is 11.6 Å². The first-order valence-corrected chi connectivity index (χ1v) is 17.3. The summed E-state index contributed by atoms with van der Waals surface area (Å²) in [6.45, 7) is 1.90. The van der Waals surface area contributed by atoms with Gasteiger partial charge >= 0.3 is 0 Å². The average Bonchev–Trinajstić information content (AvgIpc) is 3.55. The van der Waals surface area contributed by atoms with Crippen LogP contribution in [0.1, 0.15) is 23.6 Å². The van der Waals surface area contributed by atoms with Crippen LogP contribution in [0.15, 0.2) is 102 Å². The molecule has 8 nitrogen and oxygen atoms in total. The van der Waals surface area contributed by atoms with E-state index in [0.717, 1.165) is 0 Å². The van der Waals surface area contributed by atoms with E-state index < -0.39 is 21.8 Å². The lowest BCUT2D eigenvalue weighted by Gasteiger charge is -2.13. The number of nitrogens with zero attached hydrogens (tertiary/aromatic N) is 3. The van der Waals surface area contributed by atoms with E-state index in [0.29, 0.717) is 49.4 Å². The van der Waals surface area contributed by atoms with Gasteiger partial charge in [0.25, 0.3) is 0 Å². The summed E-state index contributed by atoms with van der Waals surface area (Å²) in [5, 5.41) is 6.40. The largest absolute Gasteiger partial charge is 0.487 e. The highest BCUT2D eigenvalue weighted by Crippen LogP contribution is 2.35. The molecule has 2 heterocycles. The molecule has 0 aliphatic carbocycles. The average molecular weight is 693 g/mol. The number of fused-ring (bicyclic) bond motifs is 1. The molecule has 240 valence electrons. The van der Waals surface area contributed by atoms with Gasteiger partial charge in [0.2, 0.25) is 0 Å². The summed E-state index contributed by atoms with van der Waals surface area (Å²) < 4.78 is 65.5. The van der Waals surface area contributed by atoms with Gasteiger partial charge in [-0.05, 0) is 61.0 Å². The van der Waals surface area contributed by atoms with Crippen molar-refractivity contribution in [2.45, 2.75) is 24.5 Å². The molecule has 4 aromatic carbocycles. The molecular weight excluding hydrogens is 666 g/mol. The normalized spacial score (nSPS) is 12.3. The predicted octanol–water partition coefficient (Wildman–Crippen LogP) is 8.56. The standard InChI is InChI=1S/C34H27ClF2N4O4S2/c1-21(44-12-13-47(42,43)25-8-3-2-4-9-25)34-41-31(19-46-34)26-16-27-30(17-29(26)37)38-20-39-33(27)40-24-10-11-32(28(35)15-24)45-18-22-6-5-7-23(36)14-22/h2-11,14-17,19-21H,12-13,18H2,1H3,(H,38,39,40). The maximum absolute atomic E-state index is 15.3. The molecule has 0 saturated heterocycles.